The second-order valence-electron chi connectivity index (χ2n) is 8.87. The lowest BCUT2D eigenvalue weighted by molar-refractivity contribution is 0.0568. The number of aryl methyl sites for hydroxylation is 1. The summed E-state index contributed by atoms with van der Waals surface area (Å²) < 4.78 is 1.59. The Labute approximate surface area is 184 Å². The van der Waals surface area contributed by atoms with Gasteiger partial charge in [-0.2, -0.15) is 10.2 Å². The zero-order valence-corrected chi connectivity index (χ0v) is 18.0. The number of amides is 2. The third kappa shape index (κ3) is 3.57. The van der Waals surface area contributed by atoms with Gasteiger partial charge in [0.2, 0.25) is 0 Å². The highest BCUT2D eigenvalue weighted by atomic mass is 16.2. The lowest BCUT2D eigenvalue weighted by atomic mass is 9.61. The zero-order chi connectivity index (χ0) is 22.3. The van der Waals surface area contributed by atoms with E-state index in [0.29, 0.717) is 24.2 Å². The predicted octanol–water partition coefficient (Wildman–Crippen LogP) is 1.78. The number of H-pyrrole nitrogens is 1. The lowest BCUT2D eigenvalue weighted by Crippen LogP contribution is -2.50. The maximum Gasteiger partial charge on any atom is 0.272 e. The topological polar surface area (TPSA) is 122 Å². The molecule has 5 rings (SSSR count). The van der Waals surface area contributed by atoms with Gasteiger partial charge in [0, 0.05) is 24.0 Å². The molecule has 32 heavy (non-hydrogen) atoms. The van der Waals surface area contributed by atoms with Gasteiger partial charge in [0.25, 0.3) is 17.4 Å². The molecule has 1 aliphatic carbocycles. The molecule has 2 aliphatic rings. The van der Waals surface area contributed by atoms with Crippen LogP contribution in [0.4, 0.5) is 0 Å². The summed E-state index contributed by atoms with van der Waals surface area (Å²) in [6.07, 6.45) is 4.52. The molecule has 0 spiro atoms. The van der Waals surface area contributed by atoms with Gasteiger partial charge in [-0.15, -0.1) is 0 Å². The number of aromatic nitrogens is 4. The van der Waals surface area contributed by atoms with Crippen LogP contribution in [0.5, 0.6) is 0 Å². The Morgan fingerprint density at radius 2 is 2.03 bits per heavy atom. The van der Waals surface area contributed by atoms with Crippen LogP contribution < -0.4 is 16.2 Å². The molecule has 1 aliphatic heterocycles. The minimum Gasteiger partial charge on any atom is -0.349 e. The van der Waals surface area contributed by atoms with E-state index in [0.717, 1.165) is 43.2 Å². The van der Waals surface area contributed by atoms with Crippen LogP contribution in [0.25, 0.3) is 10.8 Å². The molecule has 9 nitrogen and oxygen atoms in total. The van der Waals surface area contributed by atoms with Crippen molar-refractivity contribution in [3.8, 4) is 0 Å². The molecule has 3 N–H and O–H groups in total. The molecule has 0 radical (unpaired) electrons. The number of fused-ring (bicyclic) bond motifs is 2. The van der Waals surface area contributed by atoms with Crippen LogP contribution in [0.1, 0.15) is 59.3 Å². The minimum atomic E-state index is -0.234. The number of rotatable bonds is 6. The quantitative estimate of drug-likeness (QED) is 0.546. The van der Waals surface area contributed by atoms with Crippen LogP contribution in [0.2, 0.25) is 0 Å². The summed E-state index contributed by atoms with van der Waals surface area (Å²) in [7, 11) is 0. The van der Waals surface area contributed by atoms with Crippen molar-refractivity contribution < 1.29 is 9.59 Å². The molecule has 1 aromatic carbocycles. The summed E-state index contributed by atoms with van der Waals surface area (Å²) in [6.45, 7) is 3.28. The molecule has 0 atom stereocenters. The van der Waals surface area contributed by atoms with E-state index in [1.165, 1.54) is 0 Å². The Balaban J connectivity index is 1.22. The molecular formula is C23H26N6O3. The number of hydrogen-bond acceptors (Lipinski definition) is 5. The van der Waals surface area contributed by atoms with E-state index in [1.807, 2.05) is 24.3 Å². The van der Waals surface area contributed by atoms with Gasteiger partial charge in [0.05, 0.1) is 17.6 Å². The van der Waals surface area contributed by atoms with Gasteiger partial charge in [-0.05, 0) is 37.2 Å². The standard InChI is InChI=1S/C23H26N6O3/c1-2-23(8-7-17-15-5-3-4-6-16(15)20(30)27-26-17)12-14(13-23)25-21(31)18-11-19-22(32)24-9-10-29(19)28-18/h3-6,11,14H,2,7-10,12-13H2,1H3,(H,24,32)(H,25,31)(H,27,30). The fraction of sp³-hybridized carbons (Fsp3) is 0.435. The van der Waals surface area contributed by atoms with Gasteiger partial charge in [0.15, 0.2) is 5.69 Å². The second-order valence-corrected chi connectivity index (χ2v) is 8.87. The summed E-state index contributed by atoms with van der Waals surface area (Å²) >= 11 is 0. The van der Waals surface area contributed by atoms with Crippen LogP contribution in [0, 0.1) is 5.41 Å². The van der Waals surface area contributed by atoms with Crippen molar-refractivity contribution in [2.45, 2.75) is 51.6 Å². The van der Waals surface area contributed by atoms with E-state index in [-0.39, 0.29) is 34.5 Å². The van der Waals surface area contributed by atoms with Crippen molar-refractivity contribution in [2.24, 2.45) is 5.41 Å². The summed E-state index contributed by atoms with van der Waals surface area (Å²) in [6, 6.07) is 9.20. The molecule has 0 bridgehead atoms. The van der Waals surface area contributed by atoms with Crippen LogP contribution >= 0.6 is 0 Å². The molecular weight excluding hydrogens is 408 g/mol. The molecule has 1 fully saturated rings. The number of carbonyl (C=O) groups excluding carboxylic acids is 2. The Kier molecular flexibility index (Phi) is 5.03. The van der Waals surface area contributed by atoms with Crippen molar-refractivity contribution in [3.63, 3.8) is 0 Å². The van der Waals surface area contributed by atoms with E-state index in [9.17, 15) is 14.4 Å². The smallest absolute Gasteiger partial charge is 0.272 e. The summed E-state index contributed by atoms with van der Waals surface area (Å²) in [5.74, 6) is -0.428. The second kappa shape index (κ2) is 7.89. The lowest BCUT2D eigenvalue weighted by Gasteiger charge is -2.48. The summed E-state index contributed by atoms with van der Waals surface area (Å²) in [4.78, 5) is 36.6. The largest absolute Gasteiger partial charge is 0.349 e. The number of benzene rings is 1. The number of hydrogen-bond donors (Lipinski definition) is 3. The third-order valence-electron chi connectivity index (χ3n) is 6.97. The summed E-state index contributed by atoms with van der Waals surface area (Å²) in [5.41, 5.74) is 1.60. The van der Waals surface area contributed by atoms with E-state index >= 15 is 0 Å². The van der Waals surface area contributed by atoms with Gasteiger partial charge < -0.3 is 10.6 Å². The normalized spacial score (nSPS) is 22.2. The zero-order valence-electron chi connectivity index (χ0n) is 18.0. The highest BCUT2D eigenvalue weighted by Gasteiger charge is 2.43. The minimum absolute atomic E-state index is 0.0929. The van der Waals surface area contributed by atoms with E-state index in [1.54, 1.807) is 10.7 Å². The van der Waals surface area contributed by atoms with Gasteiger partial charge in [-0.25, -0.2) is 5.10 Å². The first kappa shape index (κ1) is 20.4. The molecule has 3 heterocycles. The molecule has 9 heteroatoms. The molecule has 3 aromatic rings. The predicted molar refractivity (Wildman–Crippen MR) is 118 cm³/mol. The number of aromatic amines is 1. The van der Waals surface area contributed by atoms with Gasteiger partial charge >= 0.3 is 0 Å². The molecule has 2 aromatic heterocycles. The van der Waals surface area contributed by atoms with Crippen molar-refractivity contribution in [2.75, 3.05) is 6.54 Å². The molecule has 166 valence electrons. The maximum absolute atomic E-state index is 12.7. The average Bonchev–Trinajstić information content (AvgIpc) is 3.22. The van der Waals surface area contributed by atoms with Gasteiger partial charge in [-0.3, -0.25) is 19.1 Å². The van der Waals surface area contributed by atoms with Crippen molar-refractivity contribution in [3.05, 3.63) is 57.8 Å². The van der Waals surface area contributed by atoms with E-state index in [2.05, 4.69) is 32.9 Å². The Hall–Kier alpha value is -3.49. The third-order valence-corrected chi connectivity index (χ3v) is 6.97. The first-order chi connectivity index (χ1) is 15.5. The Morgan fingerprint density at radius 1 is 1.25 bits per heavy atom. The van der Waals surface area contributed by atoms with Crippen molar-refractivity contribution in [1.29, 1.82) is 0 Å². The molecule has 0 saturated heterocycles. The molecule has 0 unspecified atom stereocenters. The molecule has 1 saturated carbocycles. The number of carbonyl (C=O) groups is 2. The monoisotopic (exact) mass is 434 g/mol. The van der Waals surface area contributed by atoms with Gasteiger partial charge in [0.1, 0.15) is 5.69 Å². The fourth-order valence-electron chi connectivity index (χ4n) is 5.01. The Bertz CT molecular complexity index is 1250. The maximum atomic E-state index is 12.7. The fourth-order valence-corrected chi connectivity index (χ4v) is 5.01. The van der Waals surface area contributed by atoms with Crippen LogP contribution in [-0.4, -0.2) is 44.4 Å². The molecule has 2 amide bonds. The van der Waals surface area contributed by atoms with Crippen LogP contribution in [0.15, 0.2) is 35.1 Å². The Morgan fingerprint density at radius 3 is 2.78 bits per heavy atom. The van der Waals surface area contributed by atoms with Gasteiger partial charge in [-0.1, -0.05) is 31.5 Å². The van der Waals surface area contributed by atoms with E-state index in [4.69, 9.17) is 0 Å². The number of nitrogens with zero attached hydrogens (tertiary/aromatic N) is 3. The van der Waals surface area contributed by atoms with Crippen LogP contribution in [-0.2, 0) is 13.0 Å². The van der Waals surface area contributed by atoms with E-state index < -0.39 is 0 Å². The highest BCUT2D eigenvalue weighted by Crippen LogP contribution is 2.47. The van der Waals surface area contributed by atoms with Crippen molar-refractivity contribution >= 4 is 22.6 Å². The summed E-state index contributed by atoms with van der Waals surface area (Å²) in [5, 5.41) is 18.6. The number of nitrogens with one attached hydrogen (secondary N) is 3. The first-order valence-electron chi connectivity index (χ1n) is 11.1. The average molecular weight is 435 g/mol. The van der Waals surface area contributed by atoms with Crippen LogP contribution in [0.3, 0.4) is 0 Å². The highest BCUT2D eigenvalue weighted by molar-refractivity contribution is 5.98. The first-order valence-corrected chi connectivity index (χ1v) is 11.1. The SMILES string of the molecule is CCC1(CCc2n[nH]c(=O)c3ccccc23)CC(NC(=O)c2cc3n(n2)CCNC3=O)C1. The van der Waals surface area contributed by atoms with Crippen molar-refractivity contribution in [1.82, 2.24) is 30.6 Å².